The van der Waals surface area contributed by atoms with Gasteiger partial charge < -0.3 is 15.1 Å². The quantitative estimate of drug-likeness (QED) is 0.803. The molecule has 0 saturated carbocycles. The molecule has 0 aromatic carbocycles. The number of nitrogens with one attached hydrogen (secondary N) is 1. The Morgan fingerprint density at radius 2 is 1.70 bits per heavy atom. The van der Waals surface area contributed by atoms with Crippen molar-refractivity contribution >= 4 is 11.8 Å². The van der Waals surface area contributed by atoms with Crippen LogP contribution in [0.15, 0.2) is 0 Å². The number of likely N-dealkylation sites (tertiary alicyclic amines) is 1. The number of piperidine rings is 1. The van der Waals surface area contributed by atoms with E-state index in [0.29, 0.717) is 18.5 Å². The summed E-state index contributed by atoms with van der Waals surface area (Å²) >= 11 is 0. The largest absolute Gasteiger partial charge is 0.342 e. The second-order valence-electron chi connectivity index (χ2n) is 7.27. The first-order valence-electron chi connectivity index (χ1n) is 9.16. The zero-order valence-electron chi connectivity index (χ0n) is 14.3. The van der Waals surface area contributed by atoms with Crippen LogP contribution in [-0.2, 0) is 9.59 Å². The number of hydrogen-bond donors (Lipinski definition) is 1. The van der Waals surface area contributed by atoms with Gasteiger partial charge >= 0.3 is 0 Å². The average molecular weight is 322 g/mol. The Bertz CT molecular complexity index is 428. The van der Waals surface area contributed by atoms with Gasteiger partial charge in [-0.25, -0.2) is 0 Å². The summed E-state index contributed by atoms with van der Waals surface area (Å²) in [4.78, 5) is 31.0. The van der Waals surface area contributed by atoms with Gasteiger partial charge in [-0.1, -0.05) is 0 Å². The molecule has 0 spiro atoms. The smallest absolute Gasteiger partial charge is 0.236 e. The standard InChI is InChI=1S/C17H30N4O2/c1-14-12-15(4-5-18-14)17(23)21-10-8-19(9-11-21)13-16(22)20-6-2-3-7-20/h14-15,18H,2-13H2,1H3/t14-,15-/m0/s1. The summed E-state index contributed by atoms with van der Waals surface area (Å²) < 4.78 is 0. The van der Waals surface area contributed by atoms with Crippen molar-refractivity contribution in [2.45, 2.75) is 38.6 Å². The van der Waals surface area contributed by atoms with Crippen LogP contribution in [0.3, 0.4) is 0 Å². The maximum atomic E-state index is 12.6. The van der Waals surface area contributed by atoms with Crippen LogP contribution in [0.1, 0.15) is 32.6 Å². The predicted octanol–water partition coefficient (Wildman–Crippen LogP) is 0.141. The minimum atomic E-state index is 0.184. The highest BCUT2D eigenvalue weighted by Gasteiger charge is 2.31. The second-order valence-corrected chi connectivity index (χ2v) is 7.27. The minimum Gasteiger partial charge on any atom is -0.342 e. The molecule has 3 fully saturated rings. The number of rotatable bonds is 3. The van der Waals surface area contributed by atoms with Gasteiger partial charge in [-0.3, -0.25) is 14.5 Å². The monoisotopic (exact) mass is 322 g/mol. The molecule has 1 N–H and O–H groups in total. The molecular formula is C17H30N4O2. The van der Waals surface area contributed by atoms with Crippen molar-refractivity contribution in [1.82, 2.24) is 20.0 Å². The molecule has 0 radical (unpaired) electrons. The van der Waals surface area contributed by atoms with Gasteiger partial charge in [-0.05, 0) is 39.2 Å². The summed E-state index contributed by atoms with van der Waals surface area (Å²) in [6.07, 6.45) is 4.19. The zero-order chi connectivity index (χ0) is 16.2. The molecule has 2 amide bonds. The van der Waals surface area contributed by atoms with Crippen LogP contribution in [-0.4, -0.2) is 84.9 Å². The fraction of sp³-hybridized carbons (Fsp3) is 0.882. The van der Waals surface area contributed by atoms with Crippen molar-refractivity contribution in [3.8, 4) is 0 Å². The summed E-state index contributed by atoms with van der Waals surface area (Å²) in [7, 11) is 0. The van der Waals surface area contributed by atoms with E-state index in [4.69, 9.17) is 0 Å². The van der Waals surface area contributed by atoms with Crippen LogP contribution in [0.4, 0.5) is 0 Å². The molecule has 0 bridgehead atoms. The van der Waals surface area contributed by atoms with Crippen LogP contribution in [0, 0.1) is 5.92 Å². The van der Waals surface area contributed by atoms with E-state index in [1.165, 1.54) is 0 Å². The Labute approximate surface area is 139 Å². The molecular weight excluding hydrogens is 292 g/mol. The van der Waals surface area contributed by atoms with E-state index in [-0.39, 0.29) is 11.8 Å². The SMILES string of the molecule is C[C@H]1C[C@@H](C(=O)N2CCN(CC(=O)N3CCCC3)CC2)CCN1. The maximum Gasteiger partial charge on any atom is 0.236 e. The van der Waals surface area contributed by atoms with Crippen molar-refractivity contribution < 1.29 is 9.59 Å². The van der Waals surface area contributed by atoms with Crippen LogP contribution < -0.4 is 5.32 Å². The van der Waals surface area contributed by atoms with Gasteiger partial charge in [0.2, 0.25) is 11.8 Å². The topological polar surface area (TPSA) is 55.9 Å². The summed E-state index contributed by atoms with van der Waals surface area (Å²) in [5.74, 6) is 0.766. The van der Waals surface area contributed by atoms with Crippen molar-refractivity contribution in [1.29, 1.82) is 0 Å². The normalized spacial score (nSPS) is 29.8. The van der Waals surface area contributed by atoms with Gasteiger partial charge in [-0.15, -0.1) is 0 Å². The first-order chi connectivity index (χ1) is 11.1. The Balaban J connectivity index is 1.42. The van der Waals surface area contributed by atoms with Gasteiger partial charge in [-0.2, -0.15) is 0 Å². The van der Waals surface area contributed by atoms with E-state index in [0.717, 1.165) is 71.5 Å². The Kier molecular flexibility index (Phi) is 5.54. The van der Waals surface area contributed by atoms with Crippen molar-refractivity contribution in [2.75, 3.05) is 52.4 Å². The molecule has 3 aliphatic heterocycles. The van der Waals surface area contributed by atoms with Gasteiger partial charge in [0, 0.05) is 51.2 Å². The lowest BCUT2D eigenvalue weighted by Gasteiger charge is -2.38. The molecule has 130 valence electrons. The number of hydrogen-bond acceptors (Lipinski definition) is 4. The Hall–Kier alpha value is -1.14. The molecule has 23 heavy (non-hydrogen) atoms. The number of carbonyl (C=O) groups is 2. The molecule has 3 rings (SSSR count). The molecule has 0 unspecified atom stereocenters. The summed E-state index contributed by atoms with van der Waals surface area (Å²) in [6.45, 7) is 8.65. The molecule has 3 heterocycles. The summed E-state index contributed by atoms with van der Waals surface area (Å²) in [5.41, 5.74) is 0. The minimum absolute atomic E-state index is 0.184. The third-order valence-corrected chi connectivity index (χ3v) is 5.47. The number of nitrogens with zero attached hydrogens (tertiary/aromatic N) is 3. The molecule has 0 aromatic heterocycles. The summed E-state index contributed by atoms with van der Waals surface area (Å²) in [5, 5.41) is 3.40. The fourth-order valence-electron chi connectivity index (χ4n) is 4.00. The highest BCUT2D eigenvalue weighted by molar-refractivity contribution is 5.80. The maximum absolute atomic E-state index is 12.6. The number of amides is 2. The lowest BCUT2D eigenvalue weighted by molar-refractivity contribution is -0.139. The van der Waals surface area contributed by atoms with Crippen molar-refractivity contribution in [3.05, 3.63) is 0 Å². The molecule has 3 saturated heterocycles. The Morgan fingerprint density at radius 1 is 1.00 bits per heavy atom. The molecule has 6 heteroatoms. The number of piperazine rings is 1. The molecule has 2 atom stereocenters. The number of carbonyl (C=O) groups excluding carboxylic acids is 2. The third-order valence-electron chi connectivity index (χ3n) is 5.47. The van der Waals surface area contributed by atoms with E-state index in [1.807, 2.05) is 9.80 Å². The Morgan fingerprint density at radius 3 is 2.35 bits per heavy atom. The third kappa shape index (κ3) is 4.23. The zero-order valence-corrected chi connectivity index (χ0v) is 14.3. The van der Waals surface area contributed by atoms with E-state index < -0.39 is 0 Å². The highest BCUT2D eigenvalue weighted by atomic mass is 16.2. The lowest BCUT2D eigenvalue weighted by Crippen LogP contribution is -2.53. The van der Waals surface area contributed by atoms with Gasteiger partial charge in [0.15, 0.2) is 0 Å². The molecule has 0 aliphatic carbocycles. The lowest BCUT2D eigenvalue weighted by atomic mass is 9.92. The first kappa shape index (κ1) is 16.7. The van der Waals surface area contributed by atoms with E-state index in [9.17, 15) is 9.59 Å². The second kappa shape index (κ2) is 7.62. The van der Waals surface area contributed by atoms with Crippen molar-refractivity contribution in [2.24, 2.45) is 5.92 Å². The van der Waals surface area contributed by atoms with E-state index in [2.05, 4.69) is 17.1 Å². The van der Waals surface area contributed by atoms with Crippen LogP contribution in [0.5, 0.6) is 0 Å². The predicted molar refractivity (Wildman–Crippen MR) is 89.0 cm³/mol. The first-order valence-corrected chi connectivity index (χ1v) is 9.16. The average Bonchev–Trinajstić information content (AvgIpc) is 3.09. The highest BCUT2D eigenvalue weighted by Crippen LogP contribution is 2.20. The molecule has 6 nitrogen and oxygen atoms in total. The van der Waals surface area contributed by atoms with Crippen LogP contribution in [0.25, 0.3) is 0 Å². The van der Waals surface area contributed by atoms with Crippen LogP contribution >= 0.6 is 0 Å². The van der Waals surface area contributed by atoms with Crippen LogP contribution in [0.2, 0.25) is 0 Å². The van der Waals surface area contributed by atoms with Gasteiger partial charge in [0.25, 0.3) is 0 Å². The van der Waals surface area contributed by atoms with Gasteiger partial charge in [0.1, 0.15) is 0 Å². The summed E-state index contributed by atoms with van der Waals surface area (Å²) in [6, 6.07) is 0.442. The van der Waals surface area contributed by atoms with Gasteiger partial charge in [0.05, 0.1) is 6.54 Å². The fourth-order valence-corrected chi connectivity index (χ4v) is 4.00. The molecule has 0 aromatic rings. The van der Waals surface area contributed by atoms with E-state index >= 15 is 0 Å². The van der Waals surface area contributed by atoms with Crippen molar-refractivity contribution in [3.63, 3.8) is 0 Å². The molecule has 3 aliphatic rings. The van der Waals surface area contributed by atoms with E-state index in [1.54, 1.807) is 0 Å².